The van der Waals surface area contributed by atoms with E-state index in [9.17, 15) is 4.79 Å². The highest BCUT2D eigenvalue weighted by atomic mass is 79.9. The number of hydrogen-bond acceptors (Lipinski definition) is 4. The van der Waals surface area contributed by atoms with Gasteiger partial charge in [-0.05, 0) is 37.9 Å². The molecule has 0 aromatic carbocycles. The monoisotopic (exact) mass is 357 g/mol. The molecule has 3 N–H and O–H groups in total. The van der Waals surface area contributed by atoms with Gasteiger partial charge >= 0.3 is 0 Å². The number of amides is 1. The standard InChI is InChI=1S/C8H9Br2NO3S/c9-5-1-6(15-7(5)10)8(14)11-2-4(13)3-12/h1,4,12-13H,2-3H2,(H,11,14). The number of aliphatic hydroxyl groups is 2. The van der Waals surface area contributed by atoms with Gasteiger partial charge < -0.3 is 15.5 Å². The summed E-state index contributed by atoms with van der Waals surface area (Å²) in [7, 11) is 0. The summed E-state index contributed by atoms with van der Waals surface area (Å²) in [6.45, 7) is -0.319. The molecule has 0 aliphatic heterocycles. The molecule has 4 nitrogen and oxygen atoms in total. The van der Waals surface area contributed by atoms with Crippen LogP contribution >= 0.6 is 43.2 Å². The van der Waals surface area contributed by atoms with E-state index in [1.165, 1.54) is 11.3 Å². The largest absolute Gasteiger partial charge is 0.394 e. The smallest absolute Gasteiger partial charge is 0.261 e. The predicted molar refractivity (Wildman–Crippen MR) is 65.1 cm³/mol. The number of carbonyl (C=O) groups is 1. The first-order chi connectivity index (χ1) is 7.04. The lowest BCUT2D eigenvalue weighted by Crippen LogP contribution is -2.33. The van der Waals surface area contributed by atoms with Crippen LogP contribution in [-0.4, -0.2) is 35.4 Å². The molecule has 0 bridgehead atoms. The van der Waals surface area contributed by atoms with Gasteiger partial charge in [0.25, 0.3) is 5.91 Å². The van der Waals surface area contributed by atoms with Gasteiger partial charge in [0.2, 0.25) is 0 Å². The molecule has 7 heteroatoms. The summed E-state index contributed by atoms with van der Waals surface area (Å²) in [5.41, 5.74) is 0. The molecule has 84 valence electrons. The summed E-state index contributed by atoms with van der Waals surface area (Å²) in [6, 6.07) is 1.69. The highest BCUT2D eigenvalue weighted by molar-refractivity contribution is 9.13. The van der Waals surface area contributed by atoms with Crippen LogP contribution in [0.3, 0.4) is 0 Å². The molecule has 1 amide bonds. The molecule has 1 heterocycles. The van der Waals surface area contributed by atoms with Crippen molar-refractivity contribution >= 4 is 49.1 Å². The minimum Gasteiger partial charge on any atom is -0.394 e. The van der Waals surface area contributed by atoms with Gasteiger partial charge in [-0.2, -0.15) is 0 Å². The van der Waals surface area contributed by atoms with Gasteiger partial charge in [0, 0.05) is 11.0 Å². The Morgan fingerprint density at radius 1 is 1.60 bits per heavy atom. The van der Waals surface area contributed by atoms with Crippen LogP contribution in [0.1, 0.15) is 9.67 Å². The summed E-state index contributed by atoms with van der Waals surface area (Å²) in [4.78, 5) is 12.0. The van der Waals surface area contributed by atoms with Gasteiger partial charge in [-0.15, -0.1) is 11.3 Å². The van der Waals surface area contributed by atoms with E-state index < -0.39 is 6.10 Å². The molecule has 1 aromatic rings. The third-order valence-corrected chi connectivity index (χ3v) is 4.83. The number of rotatable bonds is 4. The van der Waals surface area contributed by atoms with Crippen molar-refractivity contribution in [3.05, 3.63) is 19.2 Å². The normalized spacial score (nSPS) is 12.5. The first-order valence-electron chi connectivity index (χ1n) is 4.06. The lowest BCUT2D eigenvalue weighted by atomic mass is 10.3. The molecular formula is C8H9Br2NO3S. The Labute approximate surface area is 108 Å². The predicted octanol–water partition coefficient (Wildman–Crippen LogP) is 1.36. The SMILES string of the molecule is O=C(NCC(O)CO)c1cc(Br)c(Br)s1. The number of halogens is 2. The lowest BCUT2D eigenvalue weighted by molar-refractivity contribution is 0.0804. The van der Waals surface area contributed by atoms with Crippen molar-refractivity contribution in [2.24, 2.45) is 0 Å². The molecule has 0 fully saturated rings. The topological polar surface area (TPSA) is 69.6 Å². The second-order valence-corrected chi connectivity index (χ2v) is 6.00. The Morgan fingerprint density at radius 3 is 2.73 bits per heavy atom. The van der Waals surface area contributed by atoms with E-state index in [0.717, 1.165) is 8.26 Å². The average Bonchev–Trinajstić information content (AvgIpc) is 2.55. The number of aliphatic hydroxyl groups excluding tert-OH is 2. The molecule has 1 unspecified atom stereocenters. The zero-order chi connectivity index (χ0) is 11.4. The van der Waals surface area contributed by atoms with Crippen LogP contribution in [0, 0.1) is 0 Å². The third kappa shape index (κ3) is 3.84. The Morgan fingerprint density at radius 2 is 2.27 bits per heavy atom. The van der Waals surface area contributed by atoms with E-state index in [1.54, 1.807) is 6.07 Å². The summed E-state index contributed by atoms with van der Waals surface area (Å²) in [5.74, 6) is -0.265. The van der Waals surface area contributed by atoms with Crippen LogP contribution in [0.2, 0.25) is 0 Å². The van der Waals surface area contributed by atoms with Crippen LogP contribution in [-0.2, 0) is 0 Å². The van der Waals surface area contributed by atoms with Gasteiger partial charge in [-0.25, -0.2) is 0 Å². The highest BCUT2D eigenvalue weighted by Crippen LogP contribution is 2.32. The third-order valence-electron chi connectivity index (χ3n) is 1.58. The van der Waals surface area contributed by atoms with Crippen molar-refractivity contribution in [3.8, 4) is 0 Å². The first-order valence-corrected chi connectivity index (χ1v) is 6.46. The molecule has 0 saturated heterocycles. The van der Waals surface area contributed by atoms with Crippen LogP contribution in [0.4, 0.5) is 0 Å². The van der Waals surface area contributed by atoms with E-state index in [-0.39, 0.29) is 19.1 Å². The molecule has 1 atom stereocenters. The van der Waals surface area contributed by atoms with Gasteiger partial charge in [0.1, 0.15) is 0 Å². The number of hydrogen-bond donors (Lipinski definition) is 3. The molecule has 0 aliphatic carbocycles. The summed E-state index contributed by atoms with van der Waals surface area (Å²) < 4.78 is 1.66. The average molecular weight is 359 g/mol. The van der Waals surface area contributed by atoms with Crippen LogP contribution < -0.4 is 5.32 Å². The Hall–Kier alpha value is 0.0500. The van der Waals surface area contributed by atoms with Crippen molar-refractivity contribution in [1.29, 1.82) is 0 Å². The van der Waals surface area contributed by atoms with Crippen molar-refractivity contribution < 1.29 is 15.0 Å². The fraction of sp³-hybridized carbons (Fsp3) is 0.375. The zero-order valence-electron chi connectivity index (χ0n) is 7.54. The maximum Gasteiger partial charge on any atom is 0.261 e. The van der Waals surface area contributed by atoms with Crippen LogP contribution in [0.5, 0.6) is 0 Å². The quantitative estimate of drug-likeness (QED) is 0.761. The second kappa shape index (κ2) is 5.95. The Bertz CT molecular complexity index is 336. The summed E-state index contributed by atoms with van der Waals surface area (Å²) >= 11 is 7.85. The van der Waals surface area contributed by atoms with Gasteiger partial charge in [-0.1, -0.05) is 0 Å². The zero-order valence-corrected chi connectivity index (χ0v) is 11.5. The lowest BCUT2D eigenvalue weighted by Gasteiger charge is -2.07. The molecule has 1 aromatic heterocycles. The van der Waals surface area contributed by atoms with E-state index in [2.05, 4.69) is 37.2 Å². The maximum atomic E-state index is 11.5. The van der Waals surface area contributed by atoms with Gasteiger partial charge in [-0.3, -0.25) is 4.79 Å². The van der Waals surface area contributed by atoms with Crippen LogP contribution in [0.15, 0.2) is 14.3 Å². The van der Waals surface area contributed by atoms with E-state index in [4.69, 9.17) is 10.2 Å². The number of nitrogens with one attached hydrogen (secondary N) is 1. The van der Waals surface area contributed by atoms with E-state index in [0.29, 0.717) is 4.88 Å². The van der Waals surface area contributed by atoms with Crippen molar-refractivity contribution in [2.75, 3.05) is 13.2 Å². The molecule has 15 heavy (non-hydrogen) atoms. The van der Waals surface area contributed by atoms with Gasteiger partial charge in [0.15, 0.2) is 0 Å². The first kappa shape index (κ1) is 13.1. The number of carbonyl (C=O) groups excluding carboxylic acids is 1. The van der Waals surface area contributed by atoms with Crippen LogP contribution in [0.25, 0.3) is 0 Å². The van der Waals surface area contributed by atoms with Crippen molar-refractivity contribution in [1.82, 2.24) is 5.32 Å². The second-order valence-electron chi connectivity index (χ2n) is 2.78. The molecule has 0 saturated carbocycles. The molecule has 0 aliphatic rings. The minimum absolute atomic E-state index is 0.0441. The molecule has 1 rings (SSSR count). The minimum atomic E-state index is -0.916. The molecule has 0 spiro atoms. The van der Waals surface area contributed by atoms with Crippen molar-refractivity contribution in [3.63, 3.8) is 0 Å². The molecular weight excluding hydrogens is 350 g/mol. The Balaban J connectivity index is 2.54. The molecule has 0 radical (unpaired) electrons. The maximum absolute atomic E-state index is 11.5. The summed E-state index contributed by atoms with van der Waals surface area (Å²) in [6.07, 6.45) is -0.916. The van der Waals surface area contributed by atoms with Crippen molar-refractivity contribution in [2.45, 2.75) is 6.10 Å². The Kier molecular flexibility index (Phi) is 5.20. The fourth-order valence-electron chi connectivity index (χ4n) is 0.821. The highest BCUT2D eigenvalue weighted by Gasteiger charge is 2.12. The number of thiophene rings is 1. The van der Waals surface area contributed by atoms with Gasteiger partial charge in [0.05, 0.1) is 21.4 Å². The van der Waals surface area contributed by atoms with E-state index in [1.807, 2.05) is 0 Å². The summed E-state index contributed by atoms with van der Waals surface area (Å²) in [5, 5.41) is 20.1. The van der Waals surface area contributed by atoms with E-state index >= 15 is 0 Å². The fourth-order valence-corrected chi connectivity index (χ4v) is 2.77.